The number of nitrogens with zero attached hydrogens (tertiary/aromatic N) is 2. The summed E-state index contributed by atoms with van der Waals surface area (Å²) >= 11 is 0. The molecule has 0 N–H and O–H groups in total. The molecule has 0 atom stereocenters. The quantitative estimate of drug-likeness (QED) is 0.503. The average Bonchev–Trinajstić information content (AvgIpc) is 2.33. The van der Waals surface area contributed by atoms with Gasteiger partial charge in [-0.3, -0.25) is 9.59 Å². The van der Waals surface area contributed by atoms with E-state index in [2.05, 4.69) is 0 Å². The summed E-state index contributed by atoms with van der Waals surface area (Å²) in [6.45, 7) is 3.81. The van der Waals surface area contributed by atoms with Crippen molar-refractivity contribution >= 4 is 11.6 Å². The second-order valence-electron chi connectivity index (χ2n) is 3.16. The molecule has 0 aliphatic carbocycles. The van der Waals surface area contributed by atoms with Gasteiger partial charge in [0.05, 0.1) is 0 Å². The van der Waals surface area contributed by atoms with Crippen LogP contribution in [0.2, 0.25) is 0 Å². The van der Waals surface area contributed by atoms with Crippen LogP contribution in [0.1, 0.15) is 13.8 Å². The Hall–Kier alpha value is -1.16. The molecule has 1 rings (SSSR count). The number of carbonyl (C=O) groups is 2. The van der Waals surface area contributed by atoms with Crippen molar-refractivity contribution in [1.82, 2.24) is 4.57 Å². The number of hydrogen-bond acceptors (Lipinski definition) is 2. The van der Waals surface area contributed by atoms with E-state index in [1.807, 2.05) is 0 Å². The largest absolute Gasteiger partial charge is 1.00 e. The fraction of sp³-hybridized carbons (Fsp3) is 0.444. The Morgan fingerprint density at radius 2 is 1.93 bits per heavy atom. The summed E-state index contributed by atoms with van der Waals surface area (Å²) in [6, 6.07) is 0. The zero-order chi connectivity index (χ0) is 9.84. The van der Waals surface area contributed by atoms with Crippen LogP contribution in [0.15, 0.2) is 18.7 Å². The van der Waals surface area contributed by atoms with Gasteiger partial charge in [0.2, 0.25) is 6.33 Å². The molecule has 0 spiro atoms. The predicted molar refractivity (Wildman–Crippen MR) is 46.0 cm³/mol. The van der Waals surface area contributed by atoms with Gasteiger partial charge in [0, 0.05) is 0 Å². The van der Waals surface area contributed by atoms with Crippen LogP contribution in [0.4, 0.5) is 0 Å². The van der Waals surface area contributed by atoms with Crippen LogP contribution < -0.4 is 17.0 Å². The molecule has 14 heavy (non-hydrogen) atoms. The van der Waals surface area contributed by atoms with Gasteiger partial charge in [-0.2, -0.15) is 0 Å². The van der Waals surface area contributed by atoms with Crippen LogP contribution in [0.5, 0.6) is 0 Å². The van der Waals surface area contributed by atoms with E-state index in [9.17, 15) is 9.59 Å². The van der Waals surface area contributed by atoms with Gasteiger partial charge < -0.3 is 12.4 Å². The second kappa shape index (κ2) is 5.54. The average molecular weight is 217 g/mol. The number of imidazole rings is 1. The van der Waals surface area contributed by atoms with E-state index in [4.69, 9.17) is 0 Å². The number of rotatable bonds is 4. The van der Waals surface area contributed by atoms with Gasteiger partial charge in [-0.25, -0.2) is 9.13 Å². The van der Waals surface area contributed by atoms with Crippen LogP contribution >= 0.6 is 0 Å². The van der Waals surface area contributed by atoms with E-state index < -0.39 is 0 Å². The zero-order valence-corrected chi connectivity index (χ0v) is 8.99. The first-order valence-electron chi connectivity index (χ1n) is 4.11. The molecule has 78 valence electrons. The van der Waals surface area contributed by atoms with E-state index in [-0.39, 0.29) is 24.0 Å². The van der Waals surface area contributed by atoms with Crippen molar-refractivity contribution in [1.29, 1.82) is 0 Å². The molecule has 0 bridgehead atoms. The maximum atomic E-state index is 10.7. The minimum atomic E-state index is 0. The second-order valence-corrected chi connectivity index (χ2v) is 3.16. The van der Waals surface area contributed by atoms with E-state index in [1.165, 1.54) is 13.8 Å². The molecule has 0 aromatic carbocycles. The predicted octanol–water partition coefficient (Wildman–Crippen LogP) is -3.04. The molecule has 1 aromatic heterocycles. The van der Waals surface area contributed by atoms with Gasteiger partial charge in [0.25, 0.3) is 0 Å². The van der Waals surface area contributed by atoms with Crippen LogP contribution in [0, 0.1) is 0 Å². The lowest BCUT2D eigenvalue weighted by atomic mass is 10.4. The Morgan fingerprint density at radius 3 is 2.43 bits per heavy atom. The summed E-state index contributed by atoms with van der Waals surface area (Å²) in [7, 11) is 0. The molecule has 0 saturated carbocycles. The Labute approximate surface area is 88.9 Å². The smallest absolute Gasteiger partial charge is 0.244 e. The normalized spacial score (nSPS) is 9.29. The fourth-order valence-electron chi connectivity index (χ4n) is 1.14. The fourth-order valence-corrected chi connectivity index (χ4v) is 1.14. The standard InChI is InChI=1S/C9H13N2O2.ClH/c1-8(12)5-10-3-4-11(7-10)6-9(2)13;/h3-4,7H,5-6H2,1-2H3;1H/q+1;/p-1. The first kappa shape index (κ1) is 12.8. The first-order chi connectivity index (χ1) is 6.08. The molecule has 1 aromatic rings. The number of hydrogen-bond donors (Lipinski definition) is 0. The van der Waals surface area contributed by atoms with Gasteiger partial charge in [0.1, 0.15) is 25.5 Å². The molecule has 0 fully saturated rings. The molecular formula is C9H13ClN2O2. The highest BCUT2D eigenvalue weighted by Gasteiger charge is 2.06. The molecule has 0 saturated heterocycles. The molecule has 0 unspecified atom stereocenters. The minimum Gasteiger partial charge on any atom is -1.00 e. The number of ketones is 2. The Morgan fingerprint density at radius 1 is 1.29 bits per heavy atom. The molecule has 0 radical (unpaired) electrons. The van der Waals surface area contributed by atoms with Crippen LogP contribution in [-0.2, 0) is 22.7 Å². The lowest BCUT2D eigenvalue weighted by molar-refractivity contribution is -0.683. The van der Waals surface area contributed by atoms with Crippen molar-refractivity contribution in [2.45, 2.75) is 26.9 Å². The maximum absolute atomic E-state index is 10.7. The van der Waals surface area contributed by atoms with Gasteiger partial charge in [0.15, 0.2) is 11.6 Å². The molecule has 0 amide bonds. The SMILES string of the molecule is CC(=O)Cn1cc[n+](CC(C)=O)c1.[Cl-]. The maximum Gasteiger partial charge on any atom is 0.244 e. The highest BCUT2D eigenvalue weighted by molar-refractivity contribution is 5.75. The van der Waals surface area contributed by atoms with E-state index >= 15 is 0 Å². The van der Waals surface area contributed by atoms with Crippen molar-refractivity contribution in [3.8, 4) is 0 Å². The van der Waals surface area contributed by atoms with Gasteiger partial charge >= 0.3 is 0 Å². The summed E-state index contributed by atoms with van der Waals surface area (Å²) < 4.78 is 3.51. The van der Waals surface area contributed by atoms with E-state index in [1.54, 1.807) is 27.9 Å². The number of Topliss-reactive ketones (excluding diaryl/α,β-unsaturated/α-hetero) is 2. The van der Waals surface area contributed by atoms with Crippen LogP contribution in [0.3, 0.4) is 0 Å². The number of carbonyl (C=O) groups excluding carboxylic acids is 2. The zero-order valence-electron chi connectivity index (χ0n) is 8.24. The first-order valence-corrected chi connectivity index (χ1v) is 4.11. The summed E-state index contributed by atoms with van der Waals surface area (Å²) in [6.07, 6.45) is 5.32. The van der Waals surface area contributed by atoms with Gasteiger partial charge in [-0.15, -0.1) is 0 Å². The Kier molecular flexibility index (Phi) is 5.09. The number of aromatic nitrogens is 2. The summed E-state index contributed by atoms with van der Waals surface area (Å²) in [5.74, 6) is 0.205. The Bertz CT molecular complexity index is 303. The highest BCUT2D eigenvalue weighted by Crippen LogP contribution is 1.85. The molecule has 1 heterocycles. The molecule has 4 nitrogen and oxygen atoms in total. The highest BCUT2D eigenvalue weighted by atomic mass is 35.5. The molecule has 0 aliphatic rings. The lowest BCUT2D eigenvalue weighted by Gasteiger charge is -1.90. The minimum absolute atomic E-state index is 0. The van der Waals surface area contributed by atoms with Crippen molar-refractivity contribution < 1.29 is 26.6 Å². The number of halogens is 1. The van der Waals surface area contributed by atoms with Crippen molar-refractivity contribution in [3.63, 3.8) is 0 Å². The van der Waals surface area contributed by atoms with Crippen molar-refractivity contribution in [2.75, 3.05) is 0 Å². The third-order valence-corrected chi connectivity index (χ3v) is 1.56. The molecule has 5 heteroatoms. The van der Waals surface area contributed by atoms with Gasteiger partial charge in [-0.05, 0) is 13.8 Å². The van der Waals surface area contributed by atoms with Gasteiger partial charge in [-0.1, -0.05) is 0 Å². The Balaban J connectivity index is 0.00000169. The summed E-state index contributed by atoms with van der Waals surface area (Å²) in [4.78, 5) is 21.5. The van der Waals surface area contributed by atoms with Crippen LogP contribution in [-0.4, -0.2) is 16.1 Å². The third-order valence-electron chi connectivity index (χ3n) is 1.56. The van der Waals surface area contributed by atoms with E-state index in [0.29, 0.717) is 13.1 Å². The summed E-state index contributed by atoms with van der Waals surface area (Å²) in [5, 5.41) is 0. The monoisotopic (exact) mass is 216 g/mol. The van der Waals surface area contributed by atoms with Crippen molar-refractivity contribution in [3.05, 3.63) is 18.7 Å². The topological polar surface area (TPSA) is 43.0 Å². The third kappa shape index (κ3) is 4.18. The van der Waals surface area contributed by atoms with E-state index in [0.717, 1.165) is 0 Å². The van der Waals surface area contributed by atoms with Crippen LogP contribution in [0.25, 0.3) is 0 Å². The lowest BCUT2D eigenvalue weighted by Crippen LogP contribution is -3.00. The molecular weight excluding hydrogens is 204 g/mol. The molecule has 0 aliphatic heterocycles. The van der Waals surface area contributed by atoms with Crippen molar-refractivity contribution in [2.24, 2.45) is 0 Å². The summed E-state index contributed by atoms with van der Waals surface area (Å²) in [5.41, 5.74) is 0.